The van der Waals surface area contributed by atoms with Gasteiger partial charge in [-0.15, -0.1) is 11.3 Å². The van der Waals surface area contributed by atoms with Crippen molar-refractivity contribution in [2.24, 2.45) is 4.99 Å². The third-order valence-electron chi connectivity index (χ3n) is 4.36. The molecule has 2 rings (SSSR count). The normalized spacial score (nSPS) is 11.7. The molecule has 0 amide bonds. The minimum atomic E-state index is 0.563. The van der Waals surface area contributed by atoms with Crippen molar-refractivity contribution in [1.82, 2.24) is 20.5 Å². The van der Waals surface area contributed by atoms with Crippen LogP contribution in [-0.2, 0) is 13.1 Å². The highest BCUT2D eigenvalue weighted by atomic mass is 32.1. The summed E-state index contributed by atoms with van der Waals surface area (Å²) >= 11 is 1.70. The molecule has 28 heavy (non-hydrogen) atoms. The van der Waals surface area contributed by atoms with E-state index in [1.54, 1.807) is 11.3 Å². The first-order valence-electron chi connectivity index (χ1n) is 10.0. The van der Waals surface area contributed by atoms with Gasteiger partial charge in [-0.3, -0.25) is 0 Å². The van der Waals surface area contributed by atoms with Crippen LogP contribution in [0.15, 0.2) is 35.5 Å². The second kappa shape index (κ2) is 12.4. The van der Waals surface area contributed by atoms with E-state index in [1.807, 2.05) is 24.4 Å². The van der Waals surface area contributed by atoms with E-state index in [-0.39, 0.29) is 0 Å². The molecule has 0 unspecified atom stereocenters. The Kier molecular flexibility index (Phi) is 9.79. The number of aliphatic imine (C=N–C) groups is 1. The predicted octanol–water partition coefficient (Wildman–Crippen LogP) is 3.43. The summed E-state index contributed by atoms with van der Waals surface area (Å²) in [5.74, 6) is 1.69. The smallest absolute Gasteiger partial charge is 0.191 e. The summed E-state index contributed by atoms with van der Waals surface area (Å²) in [6.45, 7) is 14.2. The summed E-state index contributed by atoms with van der Waals surface area (Å²) < 4.78 is 6.04. The minimum Gasteiger partial charge on any atom is -0.492 e. The van der Waals surface area contributed by atoms with E-state index in [0.717, 1.165) is 48.5 Å². The van der Waals surface area contributed by atoms with E-state index in [1.165, 1.54) is 4.88 Å². The lowest BCUT2D eigenvalue weighted by molar-refractivity contribution is 0.221. The van der Waals surface area contributed by atoms with Gasteiger partial charge in [0.05, 0.1) is 13.1 Å². The molecule has 0 saturated carbocycles. The van der Waals surface area contributed by atoms with Crippen LogP contribution in [-0.4, -0.2) is 48.6 Å². The minimum absolute atomic E-state index is 0.563. The first kappa shape index (κ1) is 22.2. The van der Waals surface area contributed by atoms with Gasteiger partial charge in [0.25, 0.3) is 0 Å². The monoisotopic (exact) mass is 403 g/mol. The molecule has 0 aliphatic heterocycles. The molecule has 2 N–H and O–H groups in total. The fourth-order valence-electron chi connectivity index (χ4n) is 2.75. The number of hydrogen-bond acceptors (Lipinski definition) is 5. The SMILES string of the molecule is CCNC(=NCc1ccccc1OCCN(CC)CC)NCc1ncc(C)s1. The molecule has 154 valence electrons. The van der Waals surface area contributed by atoms with Gasteiger partial charge in [0.15, 0.2) is 5.96 Å². The van der Waals surface area contributed by atoms with Crippen molar-refractivity contribution >= 4 is 17.3 Å². The molecule has 1 aromatic carbocycles. The number of guanidine groups is 1. The second-order valence-corrected chi connectivity index (χ2v) is 7.72. The Hall–Kier alpha value is -2.12. The van der Waals surface area contributed by atoms with Gasteiger partial charge in [-0.1, -0.05) is 32.0 Å². The molecular formula is C21H33N5OS. The van der Waals surface area contributed by atoms with Crippen molar-refractivity contribution in [3.05, 3.63) is 45.9 Å². The predicted molar refractivity (Wildman–Crippen MR) is 118 cm³/mol. The number of para-hydroxylation sites is 1. The Balaban J connectivity index is 1.95. The van der Waals surface area contributed by atoms with Crippen molar-refractivity contribution in [3.63, 3.8) is 0 Å². The summed E-state index contributed by atoms with van der Waals surface area (Å²) in [4.78, 5) is 12.7. The number of thiazole rings is 1. The summed E-state index contributed by atoms with van der Waals surface area (Å²) in [6.07, 6.45) is 1.90. The van der Waals surface area contributed by atoms with Crippen LogP contribution in [0.5, 0.6) is 5.75 Å². The molecule has 0 aliphatic rings. The third kappa shape index (κ3) is 7.48. The standard InChI is InChI=1S/C21H33N5OS/c1-5-22-21(25-16-20-23-14-17(4)28-20)24-15-18-10-8-9-11-19(18)27-13-12-26(6-2)7-3/h8-11,14H,5-7,12-13,15-16H2,1-4H3,(H2,22,24,25). The Morgan fingerprint density at radius 2 is 1.96 bits per heavy atom. The lowest BCUT2D eigenvalue weighted by Crippen LogP contribution is -2.36. The third-order valence-corrected chi connectivity index (χ3v) is 5.27. The Bertz CT molecular complexity index is 727. The molecule has 1 aromatic heterocycles. The van der Waals surface area contributed by atoms with E-state index in [4.69, 9.17) is 9.73 Å². The maximum absolute atomic E-state index is 6.04. The Morgan fingerprint density at radius 3 is 2.64 bits per heavy atom. The molecule has 2 aromatic rings. The number of hydrogen-bond donors (Lipinski definition) is 2. The van der Waals surface area contributed by atoms with Gasteiger partial charge in [-0.25, -0.2) is 9.98 Å². The molecule has 0 fully saturated rings. The van der Waals surface area contributed by atoms with Crippen molar-refractivity contribution in [1.29, 1.82) is 0 Å². The number of aromatic nitrogens is 1. The maximum atomic E-state index is 6.04. The van der Waals surface area contributed by atoms with Crippen LogP contribution < -0.4 is 15.4 Å². The van der Waals surface area contributed by atoms with Crippen LogP contribution in [0.25, 0.3) is 0 Å². The van der Waals surface area contributed by atoms with Gasteiger partial charge < -0.3 is 20.3 Å². The summed E-state index contributed by atoms with van der Waals surface area (Å²) in [5, 5.41) is 7.70. The molecule has 0 atom stereocenters. The topological polar surface area (TPSA) is 61.8 Å². The molecule has 0 bridgehead atoms. The van der Waals surface area contributed by atoms with Crippen molar-refractivity contribution < 1.29 is 4.74 Å². The molecule has 0 saturated heterocycles. The van der Waals surface area contributed by atoms with Crippen LogP contribution in [0, 0.1) is 6.92 Å². The average Bonchev–Trinajstić information content (AvgIpc) is 3.13. The quantitative estimate of drug-likeness (QED) is 0.445. The van der Waals surface area contributed by atoms with E-state index < -0.39 is 0 Å². The van der Waals surface area contributed by atoms with Crippen molar-refractivity contribution in [2.75, 3.05) is 32.8 Å². The van der Waals surface area contributed by atoms with Crippen LogP contribution >= 0.6 is 11.3 Å². The van der Waals surface area contributed by atoms with E-state index in [0.29, 0.717) is 19.7 Å². The molecule has 0 radical (unpaired) electrons. The number of benzene rings is 1. The van der Waals surface area contributed by atoms with Gasteiger partial charge in [0.2, 0.25) is 0 Å². The van der Waals surface area contributed by atoms with Crippen molar-refractivity contribution in [2.45, 2.75) is 40.8 Å². The largest absolute Gasteiger partial charge is 0.492 e. The average molecular weight is 404 g/mol. The zero-order valence-electron chi connectivity index (χ0n) is 17.5. The first-order chi connectivity index (χ1) is 13.7. The second-order valence-electron chi connectivity index (χ2n) is 6.40. The molecule has 0 aliphatic carbocycles. The number of aryl methyl sites for hydroxylation is 1. The van der Waals surface area contributed by atoms with Gasteiger partial charge >= 0.3 is 0 Å². The van der Waals surface area contributed by atoms with Gasteiger partial charge in [0, 0.05) is 29.7 Å². The Labute approximate surface area is 173 Å². The van der Waals surface area contributed by atoms with Crippen LogP contribution in [0.3, 0.4) is 0 Å². The molecule has 1 heterocycles. The van der Waals surface area contributed by atoms with Gasteiger partial charge in [-0.05, 0) is 33.0 Å². The lowest BCUT2D eigenvalue weighted by atomic mass is 10.2. The van der Waals surface area contributed by atoms with E-state index in [9.17, 15) is 0 Å². The van der Waals surface area contributed by atoms with Gasteiger partial charge in [0.1, 0.15) is 17.4 Å². The first-order valence-corrected chi connectivity index (χ1v) is 10.8. The number of rotatable bonds is 11. The fraction of sp³-hybridized carbons (Fsp3) is 0.524. The summed E-state index contributed by atoms with van der Waals surface area (Å²) in [6, 6.07) is 8.13. The van der Waals surface area contributed by atoms with Crippen LogP contribution in [0.4, 0.5) is 0 Å². The highest BCUT2D eigenvalue weighted by Gasteiger charge is 2.06. The zero-order valence-corrected chi connectivity index (χ0v) is 18.3. The zero-order chi connectivity index (χ0) is 20.2. The molecular weight excluding hydrogens is 370 g/mol. The lowest BCUT2D eigenvalue weighted by Gasteiger charge is -2.18. The molecule has 6 nitrogen and oxygen atoms in total. The van der Waals surface area contributed by atoms with E-state index >= 15 is 0 Å². The maximum Gasteiger partial charge on any atom is 0.191 e. The summed E-state index contributed by atoms with van der Waals surface area (Å²) in [5.41, 5.74) is 1.09. The number of ether oxygens (including phenoxy) is 1. The highest BCUT2D eigenvalue weighted by Crippen LogP contribution is 2.19. The van der Waals surface area contributed by atoms with Crippen molar-refractivity contribution in [3.8, 4) is 5.75 Å². The highest BCUT2D eigenvalue weighted by molar-refractivity contribution is 7.11. The Morgan fingerprint density at radius 1 is 1.18 bits per heavy atom. The van der Waals surface area contributed by atoms with E-state index in [2.05, 4.69) is 54.3 Å². The number of nitrogens with one attached hydrogen (secondary N) is 2. The fourth-order valence-corrected chi connectivity index (χ4v) is 3.48. The number of likely N-dealkylation sites (N-methyl/N-ethyl adjacent to an activating group) is 1. The summed E-state index contributed by atoms with van der Waals surface area (Å²) in [7, 11) is 0. The number of nitrogens with zero attached hydrogens (tertiary/aromatic N) is 3. The van der Waals surface area contributed by atoms with Gasteiger partial charge in [-0.2, -0.15) is 0 Å². The molecule has 0 spiro atoms. The molecule has 7 heteroatoms. The van der Waals surface area contributed by atoms with Crippen LogP contribution in [0.1, 0.15) is 36.2 Å². The van der Waals surface area contributed by atoms with Crippen LogP contribution in [0.2, 0.25) is 0 Å².